The Kier molecular flexibility index (Phi) is 24.5. The summed E-state index contributed by atoms with van der Waals surface area (Å²) in [6.07, 6.45) is 0. The molecule has 0 bridgehead atoms. The Hall–Kier alpha value is -11.8. The lowest BCUT2D eigenvalue weighted by molar-refractivity contribution is 0.568. The van der Waals surface area contributed by atoms with Crippen molar-refractivity contribution in [1.29, 1.82) is 0 Å². The minimum Gasteiger partial charge on any atom is -0.311 e. The summed E-state index contributed by atoms with van der Waals surface area (Å²) in [4.78, 5) is 21.5. The lowest BCUT2D eigenvalue weighted by atomic mass is 9.33. The minimum absolute atomic E-state index is 0.0185. The first kappa shape index (κ1) is 101. The molecule has 2 aromatic heterocycles. The van der Waals surface area contributed by atoms with Crippen LogP contribution in [0.3, 0.4) is 0 Å². The number of rotatable bonds is 8. The first-order chi connectivity index (χ1) is 66.9. The Labute approximate surface area is 871 Å². The van der Waals surface area contributed by atoms with Gasteiger partial charge in [-0.1, -0.05) is 407 Å². The Bertz CT molecular complexity index is 7630. The summed E-state index contributed by atoms with van der Waals surface area (Å²) in [7, 11) is 0. The van der Waals surface area contributed by atoms with Crippen LogP contribution in [0.5, 0.6) is 0 Å². The molecule has 0 aliphatic carbocycles. The van der Waals surface area contributed by atoms with Crippen molar-refractivity contribution < 1.29 is 0 Å². The third-order valence-corrected chi connectivity index (χ3v) is 33.0. The molecule has 20 rings (SSSR count). The molecule has 6 nitrogen and oxygen atoms in total. The van der Waals surface area contributed by atoms with Crippen LogP contribution in [0.15, 0.2) is 267 Å². The summed E-state index contributed by atoms with van der Waals surface area (Å²) in [5, 5.41) is 2.07. The summed E-state index contributed by atoms with van der Waals surface area (Å²) in [6.45, 7) is 83.9. The Morgan fingerprint density at radius 1 is 0.174 bits per heavy atom. The van der Waals surface area contributed by atoms with Crippen molar-refractivity contribution in [3.63, 3.8) is 0 Å². The van der Waals surface area contributed by atoms with Gasteiger partial charge in [-0.2, -0.15) is 0 Å². The van der Waals surface area contributed by atoms with Crippen molar-refractivity contribution in [1.82, 2.24) is 9.97 Å². The molecule has 4 aliphatic rings. The molecule has 0 saturated carbocycles. The quantitative estimate of drug-likeness (QED) is 0.141. The van der Waals surface area contributed by atoms with E-state index in [-0.39, 0.29) is 78.4 Å². The minimum atomic E-state index is -0.148. The average molecular weight is 1930 g/mol. The summed E-state index contributed by atoms with van der Waals surface area (Å²) in [6, 6.07) is 104. The maximum absolute atomic E-state index is 5.56. The van der Waals surface area contributed by atoms with Gasteiger partial charge < -0.3 is 19.6 Å². The van der Waals surface area contributed by atoms with Gasteiger partial charge in [0.25, 0.3) is 13.4 Å². The molecule has 0 fully saturated rings. The van der Waals surface area contributed by atoms with Gasteiger partial charge >= 0.3 is 0 Å². The van der Waals surface area contributed by atoms with E-state index in [0.717, 1.165) is 37.9 Å². The van der Waals surface area contributed by atoms with E-state index in [9.17, 15) is 0 Å². The molecule has 6 heterocycles. The highest BCUT2D eigenvalue weighted by atomic mass is 32.1. The van der Waals surface area contributed by atoms with Crippen molar-refractivity contribution in [3.05, 3.63) is 334 Å². The molecular weight excluding hydrogens is 1780 g/mol. The zero-order valence-electron chi connectivity index (χ0n) is 93.1. The molecule has 4 aliphatic heterocycles. The van der Waals surface area contributed by atoms with E-state index in [4.69, 9.17) is 9.97 Å². The fourth-order valence-corrected chi connectivity index (χ4v) is 23.3. The van der Waals surface area contributed by atoms with E-state index >= 15 is 0 Å². The number of aromatic nitrogens is 2. The number of hydrogen-bond acceptors (Lipinski definition) is 8. The van der Waals surface area contributed by atoms with Crippen LogP contribution in [0.2, 0.25) is 0 Å². The van der Waals surface area contributed by atoms with Gasteiger partial charge in [-0.3, -0.25) is 0 Å². The molecule has 14 aromatic carbocycles. The SMILES string of the molecule is CC(C)(C)c1ccc(-c2ccc(-c3nc4cc5c(cc4s3)N(c3cc(C(C)(C)C)cc(C(C)(C)C)c3)c3cc(C(C)(C)C)cc4c3B5c3cc(C(C)(C)C)ccc3N4c3cc(C(C)(C)C)cc(C(C)(C)C)c3)cc2)cc1.CC(C)(C)c1ccc(-c2ccc(-c3nc4cc5c(cc4s3)N(c3ccc(C(C)(C)C)cc3)c3cc(C(C)(C)C)cc4c3B5c3cc(C(C)(C)C)ccc3N4c3ccc(C(C)(C)C)cc3)cc2)cc1. The van der Waals surface area contributed by atoms with Crippen molar-refractivity contribution >= 4 is 158 Å². The summed E-state index contributed by atoms with van der Waals surface area (Å²) in [5.41, 5.74) is 47.5. The fourth-order valence-electron chi connectivity index (χ4n) is 21.4. The average Bonchev–Trinajstić information content (AvgIpc) is 1.03. The molecule has 0 atom stereocenters. The van der Waals surface area contributed by atoms with E-state index in [1.807, 2.05) is 0 Å². The van der Waals surface area contributed by atoms with Gasteiger partial charge in [-0.05, 0) is 296 Å². The van der Waals surface area contributed by atoms with Crippen LogP contribution in [0.25, 0.3) is 63.8 Å². The van der Waals surface area contributed by atoms with Crippen LogP contribution >= 0.6 is 22.7 Å². The van der Waals surface area contributed by atoms with E-state index < -0.39 is 0 Å². The van der Waals surface area contributed by atoms with Crippen LogP contribution in [0, 0.1) is 0 Å². The maximum Gasteiger partial charge on any atom is 0.252 e. The summed E-state index contributed by atoms with van der Waals surface area (Å²) in [5.74, 6) is 0. The second-order valence-electron chi connectivity index (χ2n) is 54.3. The molecular formula is C134H152B2N6S2. The van der Waals surface area contributed by atoms with Crippen molar-refractivity contribution in [2.75, 3.05) is 19.6 Å². The fraction of sp³-hybridized carbons (Fsp3) is 0.358. The molecule has 0 unspecified atom stereocenters. The molecule has 0 radical (unpaired) electrons. The van der Waals surface area contributed by atoms with Crippen LogP contribution in [0.4, 0.5) is 68.2 Å². The molecule has 0 N–H and O–H groups in total. The third-order valence-electron chi connectivity index (χ3n) is 30.8. The van der Waals surface area contributed by atoms with E-state index in [1.165, 1.54) is 194 Å². The second-order valence-corrected chi connectivity index (χ2v) is 56.4. The summed E-state index contributed by atoms with van der Waals surface area (Å²) < 4.78 is 2.38. The number of nitrogens with zero attached hydrogens (tertiary/aromatic N) is 6. The van der Waals surface area contributed by atoms with Crippen LogP contribution in [-0.2, 0) is 65.0 Å². The molecule has 144 heavy (non-hydrogen) atoms. The lowest BCUT2D eigenvalue weighted by Crippen LogP contribution is -2.61. The zero-order valence-corrected chi connectivity index (χ0v) is 94.7. The van der Waals surface area contributed by atoms with Gasteiger partial charge in [0.1, 0.15) is 10.0 Å². The second kappa shape index (κ2) is 35.0. The van der Waals surface area contributed by atoms with Crippen LogP contribution in [-0.4, -0.2) is 23.4 Å². The standard InChI is InChI=1S/C71H84BN3S.C63H68BN3S/c1-65(2,3)46-28-26-44(27-29-46)43-22-24-45(25-23-43)64-73-57-41-56-59(42-62(57)76-64)75(54-36-50(69(13,14)15)33-51(37-54)70(16,17)18)61-40-52(71(19,20)21)39-60-63(61)72(56)55-38-47(66(4,5)6)30-31-58(55)74(60)53-34-48(67(7,8)9)32-49(35-53)68(10,11)12;1-59(2,3)42-22-20-40(21-23-42)39-16-18-41(19-17-39)58-65-51-37-50-53(38-56(51)68-58)67(48-31-26-44(27-32-48)61(7,8)9)55-36-46(63(13,14)15)35-54-57(55)64(50)49-34-45(62(10,11)12)28-33-52(49)66(54)47-29-24-43(25-30-47)60(4,5)6/h22-42H,1-21H3;16-38H,1-15H3. The van der Waals surface area contributed by atoms with Gasteiger partial charge in [0.15, 0.2) is 0 Å². The van der Waals surface area contributed by atoms with E-state index in [0.29, 0.717) is 0 Å². The highest BCUT2D eigenvalue weighted by Gasteiger charge is 2.49. The van der Waals surface area contributed by atoms with Gasteiger partial charge in [0.05, 0.1) is 20.4 Å². The molecule has 736 valence electrons. The first-order valence-corrected chi connectivity index (χ1v) is 54.2. The number of fused-ring (bicyclic) bond motifs is 10. The topological polar surface area (TPSA) is 38.7 Å². The monoisotopic (exact) mass is 1930 g/mol. The predicted molar refractivity (Wildman–Crippen MR) is 633 cm³/mol. The maximum atomic E-state index is 5.56. The molecule has 10 heteroatoms. The predicted octanol–water partition coefficient (Wildman–Crippen LogP) is 35.0. The number of anilines is 12. The molecule has 0 saturated heterocycles. The highest BCUT2D eigenvalue weighted by molar-refractivity contribution is 7.22. The van der Waals surface area contributed by atoms with Gasteiger partial charge in [-0.25, -0.2) is 9.97 Å². The van der Waals surface area contributed by atoms with Crippen molar-refractivity contribution in [2.24, 2.45) is 0 Å². The molecule has 16 aromatic rings. The Morgan fingerprint density at radius 2 is 0.382 bits per heavy atom. The van der Waals surface area contributed by atoms with Gasteiger partial charge in [-0.15, -0.1) is 22.7 Å². The molecule has 0 spiro atoms. The van der Waals surface area contributed by atoms with Crippen LogP contribution < -0.4 is 52.4 Å². The van der Waals surface area contributed by atoms with Crippen LogP contribution in [0.1, 0.15) is 316 Å². The van der Waals surface area contributed by atoms with Crippen molar-refractivity contribution in [2.45, 2.75) is 314 Å². The highest BCUT2D eigenvalue weighted by Crippen LogP contribution is 2.54. The Morgan fingerprint density at radius 3 is 0.646 bits per heavy atom. The number of benzene rings is 14. The largest absolute Gasteiger partial charge is 0.311 e. The van der Waals surface area contributed by atoms with E-state index in [2.05, 4.69) is 536 Å². The van der Waals surface area contributed by atoms with Gasteiger partial charge in [0, 0.05) is 79.4 Å². The Balaban J connectivity index is 0.000000183. The number of hydrogen-bond donors (Lipinski definition) is 0. The molecule has 0 amide bonds. The first-order valence-electron chi connectivity index (χ1n) is 52.6. The number of thiazole rings is 2. The zero-order chi connectivity index (χ0) is 104. The normalized spacial score (nSPS) is 14.2. The third kappa shape index (κ3) is 19.0. The van der Waals surface area contributed by atoms with E-state index in [1.54, 1.807) is 22.7 Å². The lowest BCUT2D eigenvalue weighted by Gasteiger charge is -2.46. The smallest absolute Gasteiger partial charge is 0.252 e. The summed E-state index contributed by atoms with van der Waals surface area (Å²) >= 11 is 3.60. The van der Waals surface area contributed by atoms with Gasteiger partial charge in [0.2, 0.25) is 0 Å². The van der Waals surface area contributed by atoms with Crippen molar-refractivity contribution in [3.8, 4) is 43.4 Å².